The first kappa shape index (κ1) is 27.9. The average Bonchev–Trinajstić information content (AvgIpc) is 3.12. The van der Waals surface area contributed by atoms with Crippen LogP contribution in [0.25, 0.3) is 0 Å². The number of aliphatic hydroxyl groups is 1. The smallest absolute Gasteiger partial charge is 0.302 e. The van der Waals surface area contributed by atoms with Crippen molar-refractivity contribution in [3.63, 3.8) is 0 Å². The van der Waals surface area contributed by atoms with Crippen LogP contribution >= 0.6 is 0 Å². The Morgan fingerprint density at radius 1 is 1.00 bits per heavy atom. The number of ether oxygens (including phenoxy) is 1. The second-order valence-corrected chi connectivity index (χ2v) is 14.1. The van der Waals surface area contributed by atoms with Crippen molar-refractivity contribution in [2.24, 2.45) is 46.3 Å². The number of esters is 1. The van der Waals surface area contributed by atoms with Gasteiger partial charge in [0.2, 0.25) is 5.91 Å². The molecule has 4 aliphatic carbocycles. The number of rotatable bonds is 7. The van der Waals surface area contributed by atoms with E-state index in [1.807, 2.05) is 0 Å². The summed E-state index contributed by atoms with van der Waals surface area (Å²) in [5.41, 5.74) is -0.863. The molecule has 4 rings (SSSR count). The van der Waals surface area contributed by atoms with Crippen LogP contribution in [0.4, 0.5) is 0 Å². The average molecular weight is 504 g/mol. The molecule has 0 aliphatic heterocycles. The summed E-state index contributed by atoms with van der Waals surface area (Å²) in [7, 11) is 0. The number of fused-ring (bicyclic) bond motifs is 5. The van der Waals surface area contributed by atoms with E-state index in [1.54, 1.807) is 0 Å². The Kier molecular flexibility index (Phi) is 7.93. The Hall–Kier alpha value is -1.10. The minimum Gasteiger partial charge on any atom is -0.460 e. The highest BCUT2D eigenvalue weighted by Crippen LogP contribution is 2.69. The SMILES string of the molecule is CC(=O)N[C@]12[C@@H](O)CCC[C@]1(C)[C@@H]1CC[C@@]3(C)[C@H](CC[C@H]3[C@H](C)CCCC(C)C)[C@H]1C[C@H]2OC(C)=O. The maximum atomic E-state index is 12.6. The molecule has 0 aromatic rings. The molecule has 2 N–H and O–H groups in total. The van der Waals surface area contributed by atoms with Crippen molar-refractivity contribution in [2.75, 3.05) is 0 Å². The summed E-state index contributed by atoms with van der Waals surface area (Å²) in [5, 5.41) is 14.7. The highest BCUT2D eigenvalue weighted by atomic mass is 16.5. The summed E-state index contributed by atoms with van der Waals surface area (Å²) in [5.74, 6) is 3.34. The second-order valence-electron chi connectivity index (χ2n) is 14.1. The van der Waals surface area contributed by atoms with Crippen molar-refractivity contribution < 1.29 is 19.4 Å². The molecule has 0 spiro atoms. The van der Waals surface area contributed by atoms with Crippen LogP contribution in [0.1, 0.15) is 119 Å². The highest BCUT2D eigenvalue weighted by molar-refractivity contribution is 5.74. The number of carbonyl (C=O) groups is 2. The summed E-state index contributed by atoms with van der Waals surface area (Å²) >= 11 is 0. The lowest BCUT2D eigenvalue weighted by Gasteiger charge is -2.68. The van der Waals surface area contributed by atoms with Gasteiger partial charge in [0.1, 0.15) is 11.6 Å². The lowest BCUT2D eigenvalue weighted by Crippen LogP contribution is -2.78. The first-order valence-electron chi connectivity index (χ1n) is 15.0. The molecule has 0 aromatic heterocycles. The summed E-state index contributed by atoms with van der Waals surface area (Å²) < 4.78 is 6.07. The van der Waals surface area contributed by atoms with E-state index in [0.29, 0.717) is 29.6 Å². The second kappa shape index (κ2) is 10.2. The Morgan fingerprint density at radius 3 is 2.36 bits per heavy atom. The van der Waals surface area contributed by atoms with Gasteiger partial charge in [-0.15, -0.1) is 0 Å². The number of amides is 1. The molecular weight excluding hydrogens is 450 g/mol. The van der Waals surface area contributed by atoms with Gasteiger partial charge in [-0.2, -0.15) is 0 Å². The first-order chi connectivity index (χ1) is 16.9. The molecule has 0 unspecified atom stereocenters. The van der Waals surface area contributed by atoms with E-state index in [-0.39, 0.29) is 17.3 Å². The third kappa shape index (κ3) is 4.43. The fraction of sp³-hybridized carbons (Fsp3) is 0.935. The first-order valence-corrected chi connectivity index (χ1v) is 15.0. The fourth-order valence-corrected chi connectivity index (χ4v) is 10.4. The van der Waals surface area contributed by atoms with Gasteiger partial charge in [-0.25, -0.2) is 0 Å². The monoisotopic (exact) mass is 503 g/mol. The maximum Gasteiger partial charge on any atom is 0.302 e. The van der Waals surface area contributed by atoms with E-state index in [4.69, 9.17) is 4.74 Å². The fourth-order valence-electron chi connectivity index (χ4n) is 10.4. The van der Waals surface area contributed by atoms with Crippen LogP contribution in [-0.4, -0.2) is 34.7 Å². The molecule has 0 radical (unpaired) electrons. The molecule has 4 fully saturated rings. The molecule has 36 heavy (non-hydrogen) atoms. The summed E-state index contributed by atoms with van der Waals surface area (Å²) in [6.45, 7) is 15.0. The van der Waals surface area contributed by atoms with Crippen molar-refractivity contribution in [3.05, 3.63) is 0 Å². The Balaban J connectivity index is 1.66. The van der Waals surface area contributed by atoms with Crippen LogP contribution in [0, 0.1) is 46.3 Å². The van der Waals surface area contributed by atoms with Gasteiger partial charge in [0.05, 0.1) is 6.10 Å². The lowest BCUT2D eigenvalue weighted by molar-refractivity contribution is -0.226. The summed E-state index contributed by atoms with van der Waals surface area (Å²) in [4.78, 5) is 24.9. The summed E-state index contributed by atoms with van der Waals surface area (Å²) in [6, 6.07) is 0. The molecule has 0 saturated heterocycles. The van der Waals surface area contributed by atoms with Crippen LogP contribution < -0.4 is 5.32 Å². The van der Waals surface area contributed by atoms with E-state index in [9.17, 15) is 14.7 Å². The topological polar surface area (TPSA) is 75.6 Å². The molecule has 5 nitrogen and oxygen atoms in total. The van der Waals surface area contributed by atoms with Crippen LogP contribution in [-0.2, 0) is 14.3 Å². The van der Waals surface area contributed by atoms with E-state index in [2.05, 4.69) is 39.9 Å². The third-order valence-corrected chi connectivity index (χ3v) is 11.8. The van der Waals surface area contributed by atoms with E-state index >= 15 is 0 Å². The number of nitrogens with one attached hydrogen (secondary N) is 1. The van der Waals surface area contributed by atoms with Gasteiger partial charge < -0.3 is 15.2 Å². The van der Waals surface area contributed by atoms with Crippen molar-refractivity contribution in [1.82, 2.24) is 5.32 Å². The van der Waals surface area contributed by atoms with Gasteiger partial charge in [-0.1, -0.05) is 60.3 Å². The van der Waals surface area contributed by atoms with Crippen LogP contribution in [0.2, 0.25) is 0 Å². The van der Waals surface area contributed by atoms with Crippen LogP contribution in [0.15, 0.2) is 0 Å². The number of hydrogen-bond donors (Lipinski definition) is 2. The minimum absolute atomic E-state index is 0.144. The zero-order valence-corrected chi connectivity index (χ0v) is 24.1. The zero-order valence-electron chi connectivity index (χ0n) is 24.1. The Labute approximate surface area is 219 Å². The third-order valence-electron chi connectivity index (χ3n) is 11.8. The van der Waals surface area contributed by atoms with Gasteiger partial charge in [-0.3, -0.25) is 9.59 Å². The maximum absolute atomic E-state index is 12.6. The molecule has 0 aromatic carbocycles. The molecule has 10 atom stereocenters. The lowest BCUT2D eigenvalue weighted by atomic mass is 9.41. The van der Waals surface area contributed by atoms with Gasteiger partial charge in [0.15, 0.2) is 0 Å². The van der Waals surface area contributed by atoms with Crippen LogP contribution in [0.5, 0.6) is 0 Å². The Bertz CT molecular complexity index is 827. The largest absolute Gasteiger partial charge is 0.460 e. The van der Waals surface area contributed by atoms with E-state index < -0.39 is 17.7 Å². The molecule has 0 heterocycles. The quantitative estimate of drug-likeness (QED) is 0.402. The highest BCUT2D eigenvalue weighted by Gasteiger charge is 2.70. The molecular formula is C31H53NO4. The molecule has 0 bridgehead atoms. The number of aliphatic hydroxyl groups excluding tert-OH is 1. The van der Waals surface area contributed by atoms with Gasteiger partial charge in [-0.05, 0) is 91.3 Å². The number of hydrogen-bond acceptors (Lipinski definition) is 4. The molecule has 206 valence electrons. The van der Waals surface area contributed by atoms with E-state index in [0.717, 1.165) is 43.4 Å². The molecule has 4 saturated carbocycles. The minimum atomic E-state index is -0.903. The zero-order chi connectivity index (χ0) is 26.5. The normalized spacial score (nSPS) is 44.8. The predicted octanol–water partition coefficient (Wildman–Crippen LogP) is 6.27. The summed E-state index contributed by atoms with van der Waals surface area (Å²) in [6.07, 6.45) is 11.0. The van der Waals surface area contributed by atoms with E-state index in [1.165, 1.54) is 52.4 Å². The standard InChI is InChI=1S/C31H53NO4/c1-19(2)10-8-11-20(3)24-13-14-25-23-18-28(36-22(5)34)31(32-21(4)33)27(35)12-9-16-30(31,7)26(23)15-17-29(24,25)6/h19-20,23-28,35H,8-18H2,1-7H3,(H,32,33)/t20-,23-,24+,25-,26-,27+,28-,29-,30-,31+/m1/s1. The molecule has 4 aliphatic rings. The van der Waals surface area contributed by atoms with Gasteiger partial charge >= 0.3 is 5.97 Å². The number of carbonyl (C=O) groups excluding carboxylic acids is 2. The Morgan fingerprint density at radius 2 is 1.72 bits per heavy atom. The molecule has 1 amide bonds. The van der Waals surface area contributed by atoms with Crippen LogP contribution in [0.3, 0.4) is 0 Å². The predicted molar refractivity (Wildman–Crippen MR) is 143 cm³/mol. The van der Waals surface area contributed by atoms with Crippen molar-refractivity contribution in [2.45, 2.75) is 137 Å². The molecule has 5 heteroatoms. The van der Waals surface area contributed by atoms with Gasteiger partial charge in [0, 0.05) is 13.8 Å². The van der Waals surface area contributed by atoms with Crippen molar-refractivity contribution in [3.8, 4) is 0 Å². The van der Waals surface area contributed by atoms with Crippen molar-refractivity contribution >= 4 is 11.9 Å². The van der Waals surface area contributed by atoms with Gasteiger partial charge in [0.25, 0.3) is 0 Å². The van der Waals surface area contributed by atoms with Crippen molar-refractivity contribution in [1.29, 1.82) is 0 Å².